The third-order valence-electron chi connectivity index (χ3n) is 4.79. The van der Waals surface area contributed by atoms with Crippen molar-refractivity contribution >= 4 is 82.3 Å². The monoisotopic (exact) mass is 578 g/mol. The summed E-state index contributed by atoms with van der Waals surface area (Å²) in [5.74, 6) is -1.15. The number of aromatic nitrogens is 3. The topological polar surface area (TPSA) is 100 Å². The number of nitrogens with zero attached hydrogens (tertiary/aromatic N) is 3. The van der Waals surface area contributed by atoms with Crippen LogP contribution in [-0.2, 0) is 16.2 Å². The van der Waals surface area contributed by atoms with Crippen molar-refractivity contribution in [3.63, 3.8) is 0 Å². The van der Waals surface area contributed by atoms with Crippen molar-refractivity contribution in [3.8, 4) is 5.75 Å². The molecular formula is C20H14Cl4N4O4S2. The first kappa shape index (κ1) is 25.2. The number of benzene rings is 2. The van der Waals surface area contributed by atoms with E-state index in [4.69, 9.17) is 63.4 Å². The van der Waals surface area contributed by atoms with E-state index < -0.39 is 22.5 Å². The number of hydrogen-bond donors (Lipinski definition) is 2. The number of carbonyl (C=O) groups is 2. The molecule has 0 spiro atoms. The van der Waals surface area contributed by atoms with Crippen LogP contribution in [0.15, 0.2) is 36.4 Å². The van der Waals surface area contributed by atoms with Crippen molar-refractivity contribution in [2.75, 3.05) is 5.01 Å². The van der Waals surface area contributed by atoms with Crippen molar-refractivity contribution in [1.82, 2.24) is 14.9 Å². The Labute approximate surface area is 222 Å². The van der Waals surface area contributed by atoms with Crippen LogP contribution in [0.2, 0.25) is 20.1 Å². The van der Waals surface area contributed by atoms with Gasteiger partial charge in [-0.15, -0.1) is 11.8 Å². The molecule has 0 bridgehead atoms. The highest BCUT2D eigenvalue weighted by Gasteiger charge is 2.45. The minimum Gasteiger partial charge on any atom is -0.482 e. The molecule has 1 aromatic heterocycles. The molecule has 1 amide bonds. The van der Waals surface area contributed by atoms with Crippen LogP contribution in [-0.4, -0.2) is 37.1 Å². The molecule has 1 saturated heterocycles. The van der Waals surface area contributed by atoms with E-state index >= 15 is 0 Å². The summed E-state index contributed by atoms with van der Waals surface area (Å²) in [5, 5.41) is 17.1. The third kappa shape index (κ3) is 5.02. The lowest BCUT2D eigenvalue weighted by Gasteiger charge is -2.26. The van der Waals surface area contributed by atoms with Crippen LogP contribution in [0.5, 0.6) is 5.75 Å². The number of carboxylic acids is 1. The minimum absolute atomic E-state index is 0.105. The number of aromatic amines is 1. The van der Waals surface area contributed by atoms with Gasteiger partial charge in [0.25, 0.3) is 5.91 Å². The van der Waals surface area contributed by atoms with Gasteiger partial charge < -0.3 is 9.84 Å². The van der Waals surface area contributed by atoms with E-state index in [1.807, 2.05) is 0 Å². The number of halogens is 4. The molecule has 2 atom stereocenters. The third-order valence-corrected chi connectivity index (χ3v) is 7.59. The molecule has 2 heterocycles. The van der Waals surface area contributed by atoms with Gasteiger partial charge in [-0.3, -0.25) is 14.7 Å². The highest BCUT2D eigenvalue weighted by atomic mass is 35.5. The van der Waals surface area contributed by atoms with E-state index in [1.165, 1.54) is 21.8 Å². The normalized spacial score (nSPS) is 17.9. The Morgan fingerprint density at radius 3 is 2.50 bits per heavy atom. The van der Waals surface area contributed by atoms with Crippen molar-refractivity contribution in [1.29, 1.82) is 0 Å². The zero-order chi connectivity index (χ0) is 24.6. The number of thioether (sulfide) groups is 1. The summed E-state index contributed by atoms with van der Waals surface area (Å²) in [6.07, 6.45) is -0.367. The Bertz CT molecular complexity index is 1310. The predicted molar refractivity (Wildman–Crippen MR) is 134 cm³/mol. The molecule has 2 N–H and O–H groups in total. The molecule has 1 fully saturated rings. The summed E-state index contributed by atoms with van der Waals surface area (Å²) < 4.78 is 7.26. The number of carboxylic acid groups (broad SMARTS) is 1. The van der Waals surface area contributed by atoms with Crippen LogP contribution in [0.3, 0.4) is 0 Å². The summed E-state index contributed by atoms with van der Waals surface area (Å²) in [6, 6.07) is 9.94. The molecule has 0 saturated carbocycles. The molecule has 3 aromatic rings. The maximum absolute atomic E-state index is 13.4. The summed E-state index contributed by atoms with van der Waals surface area (Å²) in [4.78, 5) is 24.7. The Morgan fingerprint density at radius 2 is 1.85 bits per heavy atom. The molecule has 1 aliphatic heterocycles. The fraction of sp³-hybridized carbons (Fsp3) is 0.200. The fourth-order valence-electron chi connectivity index (χ4n) is 3.36. The molecule has 1 aliphatic rings. The molecule has 4 rings (SSSR count). The Balaban J connectivity index is 1.72. The van der Waals surface area contributed by atoms with Crippen LogP contribution in [0.4, 0.5) is 0 Å². The molecule has 8 nitrogen and oxygen atoms in total. The maximum atomic E-state index is 13.4. The summed E-state index contributed by atoms with van der Waals surface area (Å²) in [5.41, 5.74) is 0.620. The van der Waals surface area contributed by atoms with Gasteiger partial charge in [-0.25, -0.2) is 9.69 Å². The number of rotatable bonds is 7. The van der Waals surface area contributed by atoms with Crippen LogP contribution in [0.1, 0.15) is 23.2 Å². The average Bonchev–Trinajstić information content (AvgIpc) is 3.26. The largest absolute Gasteiger partial charge is 0.482 e. The van der Waals surface area contributed by atoms with E-state index in [-0.39, 0.29) is 39.4 Å². The van der Waals surface area contributed by atoms with Gasteiger partial charge >= 0.3 is 5.97 Å². The quantitative estimate of drug-likeness (QED) is 0.337. The molecule has 14 heteroatoms. The predicted octanol–water partition coefficient (Wildman–Crippen LogP) is 5.89. The number of amides is 1. The lowest BCUT2D eigenvalue weighted by Crippen LogP contribution is -2.42. The van der Waals surface area contributed by atoms with E-state index in [9.17, 15) is 14.7 Å². The molecule has 178 valence electrons. The van der Waals surface area contributed by atoms with Crippen molar-refractivity contribution < 1.29 is 19.4 Å². The van der Waals surface area contributed by atoms with Crippen LogP contribution < -0.4 is 9.75 Å². The van der Waals surface area contributed by atoms with Gasteiger partial charge in [-0.05, 0) is 30.4 Å². The second kappa shape index (κ2) is 10.3. The lowest BCUT2D eigenvalue weighted by atomic mass is 10.2. The molecule has 0 aliphatic carbocycles. The van der Waals surface area contributed by atoms with Crippen LogP contribution in [0.25, 0.3) is 0 Å². The van der Waals surface area contributed by atoms with E-state index in [2.05, 4.69) is 10.2 Å². The standard InChI is InChI=1S/C20H14Cl4N4O4S2/c21-9-5-12(23)17(13(24)6-9)32-8-15-25-26-20(33)27(15)28-18(31)14(7-16(29)30)34-19(28)10-3-1-2-4-11(10)22/h1-6,14,19H,7-8H2,(H,26,33)(H,29,30). The number of carbonyl (C=O) groups excluding carboxylic acids is 1. The summed E-state index contributed by atoms with van der Waals surface area (Å²) >= 11 is 31.3. The van der Waals surface area contributed by atoms with Gasteiger partial charge in [-0.2, -0.15) is 5.10 Å². The first-order chi connectivity index (χ1) is 16.2. The summed E-state index contributed by atoms with van der Waals surface area (Å²) in [7, 11) is 0. The second-order valence-corrected chi connectivity index (χ2v) is 10.4. The van der Waals surface area contributed by atoms with Gasteiger partial charge in [0.1, 0.15) is 12.0 Å². The molecule has 34 heavy (non-hydrogen) atoms. The first-order valence-electron chi connectivity index (χ1n) is 9.56. The molecule has 2 unspecified atom stereocenters. The van der Waals surface area contributed by atoms with Gasteiger partial charge in [0.15, 0.2) is 11.6 Å². The highest BCUT2D eigenvalue weighted by molar-refractivity contribution is 8.01. The Morgan fingerprint density at radius 1 is 1.18 bits per heavy atom. The second-order valence-electron chi connectivity index (χ2n) is 7.02. The van der Waals surface area contributed by atoms with Crippen molar-refractivity contribution in [3.05, 3.63) is 72.6 Å². The number of aliphatic carboxylic acids is 1. The molecule has 0 radical (unpaired) electrons. The van der Waals surface area contributed by atoms with Crippen LogP contribution >= 0.6 is 70.4 Å². The smallest absolute Gasteiger partial charge is 0.305 e. The fourth-order valence-corrected chi connectivity index (χ4v) is 6.26. The Hall–Kier alpha value is -1.95. The lowest BCUT2D eigenvalue weighted by molar-refractivity contribution is -0.138. The van der Waals surface area contributed by atoms with Gasteiger partial charge in [0.05, 0.1) is 21.7 Å². The van der Waals surface area contributed by atoms with E-state index in [0.29, 0.717) is 15.6 Å². The van der Waals surface area contributed by atoms with E-state index in [1.54, 1.807) is 24.3 Å². The highest BCUT2D eigenvalue weighted by Crippen LogP contribution is 2.45. The SMILES string of the molecule is O=C(O)CC1SC(c2ccccc2Cl)N(n2c(COc3c(Cl)cc(Cl)cc3Cl)n[nH]c2=S)C1=O. The van der Waals surface area contributed by atoms with E-state index in [0.717, 1.165) is 11.8 Å². The molecular weight excluding hydrogens is 566 g/mol. The summed E-state index contributed by atoms with van der Waals surface area (Å²) in [6.45, 7) is -0.165. The van der Waals surface area contributed by atoms with Gasteiger partial charge in [0, 0.05) is 15.6 Å². The zero-order valence-corrected chi connectivity index (χ0v) is 21.5. The average molecular weight is 580 g/mol. The van der Waals surface area contributed by atoms with Gasteiger partial charge in [-0.1, -0.05) is 64.6 Å². The number of hydrogen-bond acceptors (Lipinski definition) is 6. The maximum Gasteiger partial charge on any atom is 0.305 e. The minimum atomic E-state index is -1.10. The molecule has 2 aromatic carbocycles. The van der Waals surface area contributed by atoms with Gasteiger partial charge in [0.2, 0.25) is 4.77 Å². The van der Waals surface area contributed by atoms with Crippen molar-refractivity contribution in [2.45, 2.75) is 23.7 Å². The number of H-pyrrole nitrogens is 1. The Kier molecular flexibility index (Phi) is 7.66. The first-order valence-corrected chi connectivity index (χ1v) is 12.4. The van der Waals surface area contributed by atoms with Crippen molar-refractivity contribution in [2.24, 2.45) is 0 Å². The van der Waals surface area contributed by atoms with Crippen LogP contribution in [0, 0.1) is 4.77 Å². The number of nitrogens with one attached hydrogen (secondary N) is 1. The zero-order valence-electron chi connectivity index (χ0n) is 16.9. The number of ether oxygens (including phenoxy) is 1.